The third kappa shape index (κ3) is 5.53. The van der Waals surface area contributed by atoms with Crippen molar-refractivity contribution in [2.75, 3.05) is 13.2 Å². The van der Waals surface area contributed by atoms with E-state index in [0.717, 1.165) is 28.0 Å². The molecule has 2 amide bonds. The van der Waals surface area contributed by atoms with Gasteiger partial charge in [0.15, 0.2) is 0 Å². The molecule has 196 valence electrons. The Hall–Kier alpha value is -3.29. The minimum Gasteiger partial charge on any atom is -0.508 e. The number of aliphatic hydroxyl groups excluding tert-OH is 2. The van der Waals surface area contributed by atoms with E-state index in [1.165, 1.54) is 4.90 Å². The molecule has 4 atom stereocenters. The van der Waals surface area contributed by atoms with Gasteiger partial charge in [-0.2, -0.15) is 0 Å². The first-order chi connectivity index (χ1) is 17.9. The summed E-state index contributed by atoms with van der Waals surface area (Å²) in [5, 5.41) is 31.5. The van der Waals surface area contributed by atoms with E-state index in [2.05, 4.69) is 4.98 Å². The lowest BCUT2D eigenvalue weighted by atomic mass is 9.67. The second-order valence-corrected chi connectivity index (χ2v) is 9.90. The average molecular weight is 505 g/mol. The number of likely N-dealkylation sites (tertiary alicyclic amines) is 1. The summed E-state index contributed by atoms with van der Waals surface area (Å²) >= 11 is 0. The minimum absolute atomic E-state index is 0.149. The number of hydrogen-bond acceptors (Lipinski definition) is 6. The summed E-state index contributed by atoms with van der Waals surface area (Å²) in [6.07, 6.45) is 5.54. The van der Waals surface area contributed by atoms with Crippen molar-refractivity contribution in [2.45, 2.75) is 52.1 Å². The fourth-order valence-corrected chi connectivity index (χ4v) is 5.85. The monoisotopic (exact) mass is 504 g/mol. The molecule has 2 aromatic rings. The van der Waals surface area contributed by atoms with Crippen LogP contribution in [0.25, 0.3) is 11.6 Å². The maximum Gasteiger partial charge on any atom is 0.233 e. The number of aromatic nitrogens is 1. The Bertz CT molecular complexity index is 1170. The Morgan fingerprint density at radius 1 is 1.14 bits per heavy atom. The van der Waals surface area contributed by atoms with Gasteiger partial charge in [-0.1, -0.05) is 37.6 Å². The predicted octanol–water partition coefficient (Wildman–Crippen LogP) is 4.20. The Kier molecular flexibility index (Phi) is 8.56. The van der Waals surface area contributed by atoms with Crippen molar-refractivity contribution in [3.63, 3.8) is 0 Å². The van der Waals surface area contributed by atoms with Gasteiger partial charge in [-0.05, 0) is 79.2 Å². The van der Waals surface area contributed by atoms with Crippen molar-refractivity contribution in [1.29, 1.82) is 0 Å². The maximum atomic E-state index is 13.2. The number of aliphatic hydroxyl groups is 2. The minimum atomic E-state index is -0.858. The molecule has 4 rings (SSSR count). The molecule has 1 aromatic carbocycles. The lowest BCUT2D eigenvalue weighted by molar-refractivity contribution is -0.140. The lowest BCUT2D eigenvalue weighted by Crippen LogP contribution is -2.39. The number of allylic oxidation sites excluding steroid dienone is 2. The largest absolute Gasteiger partial charge is 0.508 e. The number of carbonyl (C=O) groups excluding carboxylic acids is 2. The van der Waals surface area contributed by atoms with Gasteiger partial charge in [-0.15, -0.1) is 0 Å². The summed E-state index contributed by atoms with van der Waals surface area (Å²) in [6.45, 7) is 4.03. The Balaban J connectivity index is 1.61. The van der Waals surface area contributed by atoms with Gasteiger partial charge >= 0.3 is 0 Å². The van der Waals surface area contributed by atoms with Crippen molar-refractivity contribution < 1.29 is 24.9 Å². The molecule has 0 radical (unpaired) electrons. The van der Waals surface area contributed by atoms with E-state index in [0.29, 0.717) is 38.6 Å². The van der Waals surface area contributed by atoms with E-state index in [9.17, 15) is 24.9 Å². The van der Waals surface area contributed by atoms with Crippen molar-refractivity contribution in [3.05, 3.63) is 71.1 Å². The van der Waals surface area contributed by atoms with E-state index in [1.54, 1.807) is 18.3 Å². The van der Waals surface area contributed by atoms with Gasteiger partial charge in [0.1, 0.15) is 5.75 Å². The number of nitrogens with zero attached hydrogens (tertiary/aromatic N) is 2. The summed E-state index contributed by atoms with van der Waals surface area (Å²) in [7, 11) is 0. The van der Waals surface area contributed by atoms with Crippen molar-refractivity contribution in [3.8, 4) is 5.75 Å². The molecule has 3 N–H and O–H groups in total. The normalized spacial score (nSPS) is 23.0. The number of benzene rings is 1. The van der Waals surface area contributed by atoms with Crippen LogP contribution in [0.15, 0.2) is 59.8 Å². The van der Waals surface area contributed by atoms with Crippen LogP contribution >= 0.6 is 0 Å². The highest BCUT2D eigenvalue weighted by Gasteiger charge is 2.54. The second kappa shape index (κ2) is 11.8. The molecule has 1 fully saturated rings. The molecule has 1 saturated heterocycles. The highest BCUT2D eigenvalue weighted by molar-refractivity contribution is 6.05. The number of pyridine rings is 1. The third-order valence-corrected chi connectivity index (χ3v) is 7.62. The maximum absolute atomic E-state index is 13.2. The van der Waals surface area contributed by atoms with Gasteiger partial charge < -0.3 is 15.3 Å². The molecule has 2 aliphatic rings. The van der Waals surface area contributed by atoms with Gasteiger partial charge in [0.25, 0.3) is 0 Å². The van der Waals surface area contributed by atoms with Crippen molar-refractivity contribution >= 4 is 23.5 Å². The Morgan fingerprint density at radius 2 is 1.89 bits per heavy atom. The highest BCUT2D eigenvalue weighted by atomic mass is 16.3. The topological polar surface area (TPSA) is 111 Å². The Morgan fingerprint density at radius 3 is 2.51 bits per heavy atom. The number of phenols is 1. The van der Waals surface area contributed by atoms with Gasteiger partial charge in [0, 0.05) is 18.7 Å². The number of hydrogen-bond donors (Lipinski definition) is 3. The molecule has 1 aliphatic carbocycles. The number of aromatic hydroxyl groups is 1. The van der Waals surface area contributed by atoms with Crippen LogP contribution in [0.1, 0.15) is 57.2 Å². The summed E-state index contributed by atoms with van der Waals surface area (Å²) in [5.41, 5.74) is 4.31. The molecule has 0 spiro atoms. The van der Waals surface area contributed by atoms with Crippen LogP contribution in [-0.2, 0) is 9.59 Å². The van der Waals surface area contributed by atoms with E-state index < -0.39 is 23.9 Å². The van der Waals surface area contributed by atoms with Crippen LogP contribution in [0.2, 0.25) is 0 Å². The number of amides is 2. The third-order valence-electron chi connectivity index (χ3n) is 7.62. The molecule has 1 aliphatic heterocycles. The number of fused-ring (bicyclic) bond motifs is 1. The molecule has 7 heteroatoms. The van der Waals surface area contributed by atoms with E-state index >= 15 is 0 Å². The fourth-order valence-electron chi connectivity index (χ4n) is 5.85. The van der Waals surface area contributed by atoms with Crippen LogP contribution in [0.3, 0.4) is 0 Å². The van der Waals surface area contributed by atoms with E-state index in [1.807, 2.05) is 50.3 Å². The number of carbonyl (C=O) groups is 2. The van der Waals surface area contributed by atoms with Gasteiger partial charge in [0.05, 0.1) is 30.2 Å². The Labute approximate surface area is 218 Å². The zero-order valence-corrected chi connectivity index (χ0v) is 21.5. The van der Waals surface area contributed by atoms with Crippen molar-refractivity contribution in [2.24, 2.45) is 17.8 Å². The summed E-state index contributed by atoms with van der Waals surface area (Å²) < 4.78 is 0. The number of imide groups is 1. The first-order valence-corrected chi connectivity index (χ1v) is 13.2. The van der Waals surface area contributed by atoms with Crippen molar-refractivity contribution in [1.82, 2.24) is 9.88 Å². The summed E-state index contributed by atoms with van der Waals surface area (Å²) in [5.74, 6) is -1.83. The quantitative estimate of drug-likeness (QED) is 0.330. The van der Waals surface area contributed by atoms with Gasteiger partial charge in [0.2, 0.25) is 11.8 Å². The molecular weight excluding hydrogens is 468 g/mol. The van der Waals surface area contributed by atoms with Crippen LogP contribution in [0.5, 0.6) is 5.75 Å². The zero-order chi connectivity index (χ0) is 26.5. The lowest BCUT2D eigenvalue weighted by Gasteiger charge is -2.36. The molecule has 37 heavy (non-hydrogen) atoms. The highest BCUT2D eigenvalue weighted by Crippen LogP contribution is 2.47. The molecule has 0 unspecified atom stereocenters. The molecule has 0 saturated carbocycles. The summed E-state index contributed by atoms with van der Waals surface area (Å²) in [4.78, 5) is 32.1. The van der Waals surface area contributed by atoms with Crippen LogP contribution in [0.4, 0.5) is 0 Å². The molecule has 1 aromatic heterocycles. The first-order valence-electron chi connectivity index (χ1n) is 13.2. The second-order valence-electron chi connectivity index (χ2n) is 9.90. The first kappa shape index (κ1) is 26.8. The average Bonchev–Trinajstić information content (AvgIpc) is 3.16. The molecule has 0 bridgehead atoms. The predicted molar refractivity (Wildman–Crippen MR) is 142 cm³/mol. The summed E-state index contributed by atoms with van der Waals surface area (Å²) in [6, 6.07) is 12.6. The van der Waals surface area contributed by atoms with Gasteiger partial charge in [-0.25, -0.2) is 0 Å². The molecule has 7 nitrogen and oxygen atoms in total. The van der Waals surface area contributed by atoms with Crippen LogP contribution in [-0.4, -0.2) is 56.3 Å². The van der Waals surface area contributed by atoms with E-state index in [-0.39, 0.29) is 24.2 Å². The number of phenolic OH excluding ortho intramolecular Hbond substituents is 1. The zero-order valence-electron chi connectivity index (χ0n) is 21.5. The standard InChI is InChI=1S/C30H36N2O5/c1-3-15-32-29(36)23-17-20(4-2)27(24(18-33)28(23)30(32)37)26(35)13-10-21(25-7-5-6-14-31-25)16-19-8-11-22(34)12-9-19/h5-9,11-12,14,16,23-24,26,28,33-35H,3-4,10,13,15,17-18H2,1-2H3/b21-16-/t23-,24+,26-,28-/m1/s1. The molecular formula is C30H36N2O5. The molecule has 2 heterocycles. The fraction of sp³-hybridized carbons (Fsp3) is 0.433. The number of rotatable bonds is 10. The van der Waals surface area contributed by atoms with Crippen LogP contribution < -0.4 is 0 Å². The van der Waals surface area contributed by atoms with E-state index in [4.69, 9.17) is 0 Å². The van der Waals surface area contributed by atoms with Gasteiger partial charge in [-0.3, -0.25) is 19.5 Å². The van der Waals surface area contributed by atoms with Crippen LogP contribution in [0, 0.1) is 17.8 Å². The smallest absolute Gasteiger partial charge is 0.233 e. The SMILES string of the molecule is CCCN1C(=O)[C@@H]2[C@@H](CC(CC)=C([C@H](O)CC/C(=C/c3ccc(O)cc3)c3ccccn3)[C@@H]2CO)C1=O.